The van der Waals surface area contributed by atoms with Crippen molar-refractivity contribution in [3.05, 3.63) is 51.2 Å². The first kappa shape index (κ1) is 20.8. The number of ether oxygens (including phenoxy) is 1. The Balaban J connectivity index is 1.48. The van der Waals surface area contributed by atoms with Crippen LogP contribution in [0.3, 0.4) is 0 Å². The zero-order valence-electron chi connectivity index (χ0n) is 15.9. The van der Waals surface area contributed by atoms with E-state index in [0.717, 1.165) is 37.1 Å². The number of amides is 1. The van der Waals surface area contributed by atoms with E-state index in [1.54, 1.807) is 42.5 Å². The zero-order chi connectivity index (χ0) is 19.9. The van der Waals surface area contributed by atoms with Gasteiger partial charge in [0.2, 0.25) is 0 Å². The van der Waals surface area contributed by atoms with E-state index in [1.165, 1.54) is 14.7 Å². The molecule has 8 heteroatoms. The smallest absolute Gasteiger partial charge is 0.340 e. The van der Waals surface area contributed by atoms with Gasteiger partial charge >= 0.3 is 5.97 Å². The highest BCUT2D eigenvalue weighted by Gasteiger charge is 2.25. The first-order valence-corrected chi connectivity index (χ1v) is 10.7. The van der Waals surface area contributed by atoms with Crippen LogP contribution in [0, 0.1) is 0 Å². The van der Waals surface area contributed by atoms with Crippen molar-refractivity contribution >= 4 is 40.5 Å². The molecule has 28 heavy (non-hydrogen) atoms. The van der Waals surface area contributed by atoms with E-state index in [4.69, 9.17) is 16.3 Å². The Morgan fingerprint density at radius 2 is 1.82 bits per heavy atom. The maximum absolute atomic E-state index is 12.5. The Bertz CT molecular complexity index is 819. The summed E-state index contributed by atoms with van der Waals surface area (Å²) in [6, 6.07) is 11.0. The van der Waals surface area contributed by atoms with Crippen molar-refractivity contribution in [2.45, 2.75) is 13.5 Å². The first-order chi connectivity index (χ1) is 13.5. The second-order valence-electron chi connectivity index (χ2n) is 6.87. The minimum atomic E-state index is -0.420. The molecule has 2 heterocycles. The van der Waals surface area contributed by atoms with Crippen LogP contribution in [0.25, 0.3) is 0 Å². The fraction of sp³-hybridized carbons (Fsp3) is 0.400. The summed E-state index contributed by atoms with van der Waals surface area (Å²) in [5.74, 6) is -0.503. The second-order valence-corrected chi connectivity index (χ2v) is 8.67. The summed E-state index contributed by atoms with van der Waals surface area (Å²) >= 11 is 7.64. The van der Waals surface area contributed by atoms with Crippen LogP contribution >= 0.6 is 22.9 Å². The lowest BCUT2D eigenvalue weighted by Crippen LogP contribution is -3.28. The molecule has 0 atom stereocenters. The van der Waals surface area contributed by atoms with Gasteiger partial charge in [-0.15, -0.1) is 11.3 Å². The molecule has 2 aromatic rings. The Hall–Kier alpha value is -1.93. The topological polar surface area (TPSA) is 64.3 Å². The van der Waals surface area contributed by atoms with Crippen LogP contribution < -0.4 is 15.1 Å². The van der Waals surface area contributed by atoms with Crippen molar-refractivity contribution in [2.24, 2.45) is 0 Å². The van der Waals surface area contributed by atoms with Crippen molar-refractivity contribution in [1.29, 1.82) is 0 Å². The normalized spacial score (nSPS) is 19.2. The van der Waals surface area contributed by atoms with Crippen LogP contribution in [-0.4, -0.2) is 51.2 Å². The lowest BCUT2D eigenvalue weighted by molar-refractivity contribution is -1.01. The monoisotopic (exact) mass is 423 g/mol. The number of thiophene rings is 1. The molecule has 3 rings (SSSR count). The van der Waals surface area contributed by atoms with Crippen LogP contribution in [0.15, 0.2) is 36.4 Å². The standard InChI is InChI=1S/C20H24ClN3O3S/c1-2-27-20(26)16-5-3-4-6-17(16)22-19(25)14-24-11-9-23(10-12-24)13-15-7-8-18(21)28-15/h3-8H,2,9-14H2,1H3,(H,22,25)/p+2. The van der Waals surface area contributed by atoms with Gasteiger partial charge in [-0.3, -0.25) is 4.79 Å². The molecule has 1 aliphatic rings. The van der Waals surface area contributed by atoms with Gasteiger partial charge < -0.3 is 19.9 Å². The minimum Gasteiger partial charge on any atom is -0.462 e. The van der Waals surface area contributed by atoms with E-state index in [-0.39, 0.29) is 5.91 Å². The zero-order valence-corrected chi connectivity index (χ0v) is 17.5. The maximum Gasteiger partial charge on any atom is 0.340 e. The molecule has 1 aromatic carbocycles. The van der Waals surface area contributed by atoms with E-state index in [1.807, 2.05) is 6.07 Å². The number of anilines is 1. The van der Waals surface area contributed by atoms with Gasteiger partial charge in [0.05, 0.1) is 27.1 Å². The predicted octanol–water partition coefficient (Wildman–Crippen LogP) is 0.500. The molecule has 1 amide bonds. The molecule has 0 spiro atoms. The van der Waals surface area contributed by atoms with Crippen molar-refractivity contribution in [1.82, 2.24) is 0 Å². The molecular formula is C20H26ClN3O3S+2. The van der Waals surface area contributed by atoms with Crippen molar-refractivity contribution in [3.8, 4) is 0 Å². The lowest BCUT2D eigenvalue weighted by Gasteiger charge is -2.29. The first-order valence-electron chi connectivity index (χ1n) is 9.52. The highest BCUT2D eigenvalue weighted by atomic mass is 35.5. The Morgan fingerprint density at radius 1 is 1.11 bits per heavy atom. The number of piperazine rings is 1. The number of nitrogens with one attached hydrogen (secondary N) is 3. The van der Waals surface area contributed by atoms with E-state index in [0.29, 0.717) is 24.4 Å². The van der Waals surface area contributed by atoms with Gasteiger partial charge in [0.1, 0.15) is 32.7 Å². The molecule has 6 nitrogen and oxygen atoms in total. The van der Waals surface area contributed by atoms with Gasteiger partial charge in [-0.25, -0.2) is 4.79 Å². The summed E-state index contributed by atoms with van der Waals surface area (Å²) < 4.78 is 5.89. The van der Waals surface area contributed by atoms with Gasteiger partial charge in [0.15, 0.2) is 6.54 Å². The van der Waals surface area contributed by atoms with Gasteiger partial charge in [-0.2, -0.15) is 0 Å². The quantitative estimate of drug-likeness (QED) is 0.568. The number of hydrogen-bond acceptors (Lipinski definition) is 4. The number of esters is 1. The molecule has 1 aromatic heterocycles. The third kappa shape index (κ3) is 5.78. The number of para-hydroxylation sites is 1. The van der Waals surface area contributed by atoms with Crippen molar-refractivity contribution in [2.75, 3.05) is 44.6 Å². The molecule has 0 aliphatic carbocycles. The van der Waals surface area contributed by atoms with Crippen LogP contribution in [-0.2, 0) is 16.1 Å². The van der Waals surface area contributed by atoms with E-state index >= 15 is 0 Å². The average molecular weight is 424 g/mol. The summed E-state index contributed by atoms with van der Waals surface area (Å²) in [6.45, 7) is 7.39. The number of benzene rings is 1. The summed E-state index contributed by atoms with van der Waals surface area (Å²) in [4.78, 5) is 28.6. The third-order valence-electron chi connectivity index (χ3n) is 4.82. The fourth-order valence-corrected chi connectivity index (χ4v) is 4.56. The van der Waals surface area contributed by atoms with Crippen molar-refractivity contribution < 1.29 is 24.1 Å². The highest BCUT2D eigenvalue weighted by molar-refractivity contribution is 7.16. The fourth-order valence-electron chi connectivity index (χ4n) is 3.40. The Morgan fingerprint density at radius 3 is 2.50 bits per heavy atom. The predicted molar refractivity (Wildman–Crippen MR) is 110 cm³/mol. The summed E-state index contributed by atoms with van der Waals surface area (Å²) in [6.07, 6.45) is 0. The molecule has 1 fully saturated rings. The number of rotatable bonds is 7. The average Bonchev–Trinajstić information content (AvgIpc) is 3.08. The van der Waals surface area contributed by atoms with Crippen LogP contribution in [0.4, 0.5) is 5.69 Å². The molecule has 150 valence electrons. The van der Waals surface area contributed by atoms with Gasteiger partial charge in [-0.1, -0.05) is 23.7 Å². The van der Waals surface area contributed by atoms with E-state index in [2.05, 4.69) is 11.4 Å². The molecular weight excluding hydrogens is 398 g/mol. The number of quaternary nitrogens is 2. The van der Waals surface area contributed by atoms with E-state index in [9.17, 15) is 9.59 Å². The molecule has 0 radical (unpaired) electrons. The van der Waals surface area contributed by atoms with Crippen molar-refractivity contribution in [3.63, 3.8) is 0 Å². The summed E-state index contributed by atoms with van der Waals surface area (Å²) in [7, 11) is 0. The van der Waals surface area contributed by atoms with Gasteiger partial charge in [0.25, 0.3) is 5.91 Å². The Kier molecular flexibility index (Phi) is 7.44. The molecule has 1 saturated heterocycles. The van der Waals surface area contributed by atoms with Crippen LogP contribution in [0.2, 0.25) is 4.34 Å². The maximum atomic E-state index is 12.5. The molecule has 1 aliphatic heterocycles. The molecule has 0 unspecified atom stereocenters. The summed E-state index contributed by atoms with van der Waals surface area (Å²) in [5, 5.41) is 2.87. The number of carbonyl (C=O) groups is 2. The van der Waals surface area contributed by atoms with Crippen LogP contribution in [0.5, 0.6) is 0 Å². The minimum absolute atomic E-state index is 0.0831. The van der Waals surface area contributed by atoms with Crippen LogP contribution in [0.1, 0.15) is 22.2 Å². The molecule has 0 saturated carbocycles. The number of halogens is 1. The van der Waals surface area contributed by atoms with E-state index < -0.39 is 5.97 Å². The number of hydrogen-bond donors (Lipinski definition) is 3. The number of carbonyl (C=O) groups excluding carboxylic acids is 2. The SMILES string of the molecule is CCOC(=O)c1ccccc1NC(=O)C[NH+]1CC[NH+](Cc2ccc(Cl)s2)CC1. The second kappa shape index (κ2) is 10.0. The molecule has 0 bridgehead atoms. The lowest BCUT2D eigenvalue weighted by atomic mass is 10.2. The summed E-state index contributed by atoms with van der Waals surface area (Å²) in [5.41, 5.74) is 0.890. The largest absolute Gasteiger partial charge is 0.462 e. The van der Waals surface area contributed by atoms with Gasteiger partial charge in [0, 0.05) is 0 Å². The highest BCUT2D eigenvalue weighted by Crippen LogP contribution is 2.20. The molecule has 3 N–H and O–H groups in total. The van der Waals surface area contributed by atoms with Gasteiger partial charge in [-0.05, 0) is 31.2 Å². The Labute approximate surface area is 174 Å². The third-order valence-corrected chi connectivity index (χ3v) is 6.06.